The van der Waals surface area contributed by atoms with Gasteiger partial charge < -0.3 is 14.4 Å². The maximum atomic E-state index is 12.8. The molecule has 24 heavy (non-hydrogen) atoms. The summed E-state index contributed by atoms with van der Waals surface area (Å²) in [6.07, 6.45) is 3.56. The minimum absolute atomic E-state index is 0.0388. The maximum absolute atomic E-state index is 12.8. The molecule has 130 valence electrons. The van der Waals surface area contributed by atoms with Crippen LogP contribution in [0.2, 0.25) is 0 Å². The number of hydrogen-bond donors (Lipinski definition) is 0. The Morgan fingerprint density at radius 1 is 1.21 bits per heavy atom. The van der Waals surface area contributed by atoms with Crippen LogP contribution in [0.3, 0.4) is 0 Å². The lowest BCUT2D eigenvalue weighted by atomic mass is 10.0. The molecular formula is C18H24N2O4. The van der Waals surface area contributed by atoms with Crippen molar-refractivity contribution in [3.05, 3.63) is 23.8 Å². The number of methoxy groups -OCH3 is 2. The molecule has 0 N–H and O–H groups in total. The van der Waals surface area contributed by atoms with E-state index in [1.807, 2.05) is 28.0 Å². The second-order valence-electron chi connectivity index (χ2n) is 6.30. The minimum atomic E-state index is -0.293. The van der Waals surface area contributed by atoms with Gasteiger partial charge in [0.15, 0.2) is 0 Å². The van der Waals surface area contributed by atoms with Crippen molar-refractivity contribution < 1.29 is 19.1 Å². The first-order chi connectivity index (χ1) is 11.6. The molecule has 6 heteroatoms. The highest BCUT2D eigenvalue weighted by molar-refractivity contribution is 5.96. The number of anilines is 1. The van der Waals surface area contributed by atoms with Gasteiger partial charge in [0.05, 0.1) is 20.8 Å². The van der Waals surface area contributed by atoms with Gasteiger partial charge in [0.1, 0.15) is 11.8 Å². The topological polar surface area (TPSA) is 59.1 Å². The number of hydrogen-bond acceptors (Lipinski definition) is 5. The highest BCUT2D eigenvalue weighted by atomic mass is 16.5. The molecule has 1 atom stereocenters. The Bertz CT molecular complexity index is 631. The molecule has 0 bridgehead atoms. The predicted octanol–water partition coefficient (Wildman–Crippen LogP) is 1.61. The van der Waals surface area contributed by atoms with Gasteiger partial charge in [-0.05, 0) is 56.0 Å². The molecule has 2 aliphatic heterocycles. The van der Waals surface area contributed by atoms with E-state index in [0.717, 1.165) is 55.8 Å². The van der Waals surface area contributed by atoms with Gasteiger partial charge in [-0.1, -0.05) is 0 Å². The Morgan fingerprint density at radius 2 is 2.04 bits per heavy atom. The van der Waals surface area contributed by atoms with Crippen molar-refractivity contribution in [2.75, 3.05) is 38.8 Å². The lowest BCUT2D eigenvalue weighted by Crippen LogP contribution is -2.46. The third kappa shape index (κ3) is 3.24. The molecule has 1 amide bonds. The highest BCUT2D eigenvalue weighted by Crippen LogP contribution is 2.31. The summed E-state index contributed by atoms with van der Waals surface area (Å²) in [6.45, 7) is 1.73. The standard InChI is InChI=1S/C18H24N2O4/c1-23-14-7-8-15-13(11-14)5-3-10-20(15)17(21)12-19-9-4-6-16(19)18(22)24-2/h7-8,11,16H,3-6,9-10,12H2,1-2H3/t16-/m0/s1. The van der Waals surface area contributed by atoms with Gasteiger partial charge in [0.2, 0.25) is 5.91 Å². The van der Waals surface area contributed by atoms with E-state index in [9.17, 15) is 9.59 Å². The molecule has 2 aliphatic rings. The van der Waals surface area contributed by atoms with Crippen LogP contribution in [-0.4, -0.2) is 56.7 Å². The van der Waals surface area contributed by atoms with E-state index < -0.39 is 0 Å². The van der Waals surface area contributed by atoms with Gasteiger partial charge in [-0.25, -0.2) is 0 Å². The number of esters is 1. The van der Waals surface area contributed by atoms with Crippen molar-refractivity contribution >= 4 is 17.6 Å². The summed E-state index contributed by atoms with van der Waals surface area (Å²) in [5.41, 5.74) is 2.10. The molecule has 1 fully saturated rings. The Balaban J connectivity index is 1.73. The van der Waals surface area contributed by atoms with Crippen LogP contribution in [0.5, 0.6) is 5.75 Å². The zero-order valence-corrected chi connectivity index (χ0v) is 14.3. The molecule has 0 unspecified atom stereocenters. The second kappa shape index (κ2) is 7.21. The van der Waals surface area contributed by atoms with Crippen LogP contribution in [0.15, 0.2) is 18.2 Å². The molecule has 2 heterocycles. The van der Waals surface area contributed by atoms with Crippen LogP contribution in [0, 0.1) is 0 Å². The van der Waals surface area contributed by atoms with E-state index in [1.165, 1.54) is 7.11 Å². The summed E-state index contributed by atoms with van der Waals surface area (Å²) in [4.78, 5) is 28.5. The van der Waals surface area contributed by atoms with Crippen molar-refractivity contribution in [2.45, 2.75) is 31.7 Å². The van der Waals surface area contributed by atoms with E-state index in [2.05, 4.69) is 0 Å². The fraction of sp³-hybridized carbons (Fsp3) is 0.556. The number of carbonyl (C=O) groups is 2. The molecule has 0 saturated carbocycles. The van der Waals surface area contributed by atoms with Crippen LogP contribution in [0.4, 0.5) is 5.69 Å². The van der Waals surface area contributed by atoms with Crippen molar-refractivity contribution in [3.63, 3.8) is 0 Å². The third-order valence-electron chi connectivity index (χ3n) is 4.88. The van der Waals surface area contributed by atoms with E-state index in [4.69, 9.17) is 9.47 Å². The number of aryl methyl sites for hydroxylation is 1. The zero-order valence-electron chi connectivity index (χ0n) is 14.3. The molecule has 3 rings (SSSR count). The number of rotatable bonds is 4. The SMILES string of the molecule is COC(=O)[C@@H]1CCCN1CC(=O)N1CCCc2cc(OC)ccc21. The summed E-state index contributed by atoms with van der Waals surface area (Å²) in [5.74, 6) is 0.606. The molecule has 0 aliphatic carbocycles. The number of likely N-dealkylation sites (tertiary alicyclic amines) is 1. The summed E-state index contributed by atoms with van der Waals surface area (Å²) < 4.78 is 10.1. The van der Waals surface area contributed by atoms with Crippen LogP contribution in [0.1, 0.15) is 24.8 Å². The number of ether oxygens (including phenoxy) is 2. The fourth-order valence-electron chi connectivity index (χ4n) is 3.64. The molecule has 6 nitrogen and oxygen atoms in total. The molecule has 1 saturated heterocycles. The van der Waals surface area contributed by atoms with E-state index >= 15 is 0 Å². The molecule has 1 aromatic rings. The van der Waals surface area contributed by atoms with Gasteiger partial charge >= 0.3 is 5.97 Å². The maximum Gasteiger partial charge on any atom is 0.323 e. The van der Waals surface area contributed by atoms with E-state index in [-0.39, 0.29) is 24.5 Å². The first-order valence-electron chi connectivity index (χ1n) is 8.43. The predicted molar refractivity (Wildman–Crippen MR) is 90.3 cm³/mol. The van der Waals surface area contributed by atoms with Gasteiger partial charge in [-0.15, -0.1) is 0 Å². The van der Waals surface area contributed by atoms with Crippen molar-refractivity contribution in [2.24, 2.45) is 0 Å². The third-order valence-corrected chi connectivity index (χ3v) is 4.88. The Kier molecular flexibility index (Phi) is 5.04. The van der Waals surface area contributed by atoms with E-state index in [1.54, 1.807) is 7.11 Å². The molecule has 1 aromatic carbocycles. The quantitative estimate of drug-likeness (QED) is 0.784. The van der Waals surface area contributed by atoms with Crippen molar-refractivity contribution in [1.29, 1.82) is 0 Å². The lowest BCUT2D eigenvalue weighted by molar-refractivity contribution is -0.146. The fourth-order valence-corrected chi connectivity index (χ4v) is 3.64. The highest BCUT2D eigenvalue weighted by Gasteiger charge is 2.34. The summed E-state index contributed by atoms with van der Waals surface area (Å²) >= 11 is 0. The molecule has 0 radical (unpaired) electrons. The van der Waals surface area contributed by atoms with Gasteiger partial charge in [-0.2, -0.15) is 0 Å². The Morgan fingerprint density at radius 3 is 2.79 bits per heavy atom. The summed E-state index contributed by atoms with van der Waals surface area (Å²) in [6, 6.07) is 5.55. The molecular weight excluding hydrogens is 308 g/mol. The Labute approximate surface area is 142 Å². The first kappa shape index (κ1) is 16.8. The monoisotopic (exact) mass is 332 g/mol. The lowest BCUT2D eigenvalue weighted by Gasteiger charge is -2.32. The zero-order chi connectivity index (χ0) is 17.1. The van der Waals surface area contributed by atoms with Crippen molar-refractivity contribution in [3.8, 4) is 5.75 Å². The first-order valence-corrected chi connectivity index (χ1v) is 8.43. The van der Waals surface area contributed by atoms with Gasteiger partial charge in [0.25, 0.3) is 0 Å². The Hall–Kier alpha value is -2.08. The molecule has 0 spiro atoms. The minimum Gasteiger partial charge on any atom is -0.497 e. The van der Waals surface area contributed by atoms with Crippen LogP contribution in [-0.2, 0) is 20.7 Å². The normalized spacial score (nSPS) is 20.6. The number of amides is 1. The van der Waals surface area contributed by atoms with Gasteiger partial charge in [0, 0.05) is 12.2 Å². The number of benzene rings is 1. The largest absolute Gasteiger partial charge is 0.497 e. The number of carbonyl (C=O) groups excluding carboxylic acids is 2. The van der Waals surface area contributed by atoms with Crippen LogP contribution in [0.25, 0.3) is 0 Å². The van der Waals surface area contributed by atoms with Gasteiger partial charge in [-0.3, -0.25) is 14.5 Å². The smallest absolute Gasteiger partial charge is 0.323 e. The van der Waals surface area contributed by atoms with Crippen LogP contribution >= 0.6 is 0 Å². The number of nitrogens with zero attached hydrogens (tertiary/aromatic N) is 2. The molecule has 0 aromatic heterocycles. The number of fused-ring (bicyclic) bond motifs is 1. The van der Waals surface area contributed by atoms with E-state index in [0.29, 0.717) is 0 Å². The average molecular weight is 332 g/mol. The van der Waals surface area contributed by atoms with Crippen molar-refractivity contribution in [1.82, 2.24) is 4.90 Å². The van der Waals surface area contributed by atoms with Crippen LogP contribution < -0.4 is 9.64 Å². The summed E-state index contributed by atoms with van der Waals surface area (Å²) in [5, 5.41) is 0. The second-order valence-corrected chi connectivity index (χ2v) is 6.30. The summed E-state index contributed by atoms with van der Waals surface area (Å²) in [7, 11) is 3.04. The average Bonchev–Trinajstić information content (AvgIpc) is 3.07.